The number of carbonyl (C=O) groups is 1. The van der Waals surface area contributed by atoms with Gasteiger partial charge in [-0.15, -0.1) is 13.2 Å². The van der Waals surface area contributed by atoms with Gasteiger partial charge in [-0.25, -0.2) is 8.42 Å². The van der Waals surface area contributed by atoms with E-state index < -0.39 is 27.1 Å². The Hall–Kier alpha value is -3.39. The van der Waals surface area contributed by atoms with Gasteiger partial charge in [-0.05, 0) is 30.3 Å². The Labute approximate surface area is 186 Å². The van der Waals surface area contributed by atoms with Gasteiger partial charge in [0.15, 0.2) is 0 Å². The molecule has 1 saturated heterocycles. The SMILES string of the molecule is O=C(CNc1ccccc1[N+](=O)[O-])N1CCN(S(=O)(=O)c2ccc(OC(F)(F)F)cc2)CC1. The van der Waals surface area contributed by atoms with Gasteiger partial charge in [0.2, 0.25) is 15.9 Å². The van der Waals surface area contributed by atoms with E-state index in [1.165, 1.54) is 23.1 Å². The number of rotatable bonds is 7. The Bertz CT molecular complexity index is 1120. The van der Waals surface area contributed by atoms with Gasteiger partial charge < -0.3 is 15.0 Å². The summed E-state index contributed by atoms with van der Waals surface area (Å²) in [5, 5.41) is 13.8. The van der Waals surface area contributed by atoms with Crippen LogP contribution >= 0.6 is 0 Å². The highest BCUT2D eigenvalue weighted by Crippen LogP contribution is 2.26. The lowest BCUT2D eigenvalue weighted by atomic mass is 10.2. The van der Waals surface area contributed by atoms with Crippen LogP contribution in [0.4, 0.5) is 24.5 Å². The molecule has 0 unspecified atom stereocenters. The first-order valence-electron chi connectivity index (χ1n) is 9.58. The fraction of sp³-hybridized carbons (Fsp3) is 0.316. The number of anilines is 1. The average molecular weight is 488 g/mol. The fourth-order valence-electron chi connectivity index (χ4n) is 3.21. The summed E-state index contributed by atoms with van der Waals surface area (Å²) in [6.45, 7) is -0.0587. The number of para-hydroxylation sites is 2. The van der Waals surface area contributed by atoms with E-state index in [1.807, 2.05) is 0 Å². The highest BCUT2D eigenvalue weighted by atomic mass is 32.2. The van der Waals surface area contributed by atoms with E-state index in [1.54, 1.807) is 6.07 Å². The molecule has 0 spiro atoms. The summed E-state index contributed by atoms with van der Waals surface area (Å²) < 4.78 is 67.2. The molecular weight excluding hydrogens is 469 g/mol. The second kappa shape index (κ2) is 9.62. The number of nitro benzene ring substituents is 1. The maximum Gasteiger partial charge on any atom is 0.573 e. The van der Waals surface area contributed by atoms with E-state index in [0.717, 1.165) is 28.6 Å². The van der Waals surface area contributed by atoms with E-state index in [-0.39, 0.29) is 54.9 Å². The van der Waals surface area contributed by atoms with Crippen LogP contribution in [-0.2, 0) is 14.8 Å². The molecule has 1 amide bonds. The third-order valence-corrected chi connectivity index (χ3v) is 6.73. The number of halogens is 3. The van der Waals surface area contributed by atoms with Gasteiger partial charge in [0.05, 0.1) is 16.4 Å². The molecule has 2 aromatic rings. The molecule has 14 heteroatoms. The van der Waals surface area contributed by atoms with Crippen molar-refractivity contribution in [2.45, 2.75) is 11.3 Å². The fourth-order valence-corrected chi connectivity index (χ4v) is 4.63. The number of carbonyl (C=O) groups excluding carboxylic acids is 1. The maximum atomic E-state index is 12.8. The second-order valence-corrected chi connectivity index (χ2v) is 8.87. The van der Waals surface area contributed by atoms with E-state index in [4.69, 9.17) is 0 Å². The first-order chi connectivity index (χ1) is 15.5. The highest BCUT2D eigenvalue weighted by molar-refractivity contribution is 7.89. The molecule has 178 valence electrons. The molecule has 1 fully saturated rings. The molecule has 2 aromatic carbocycles. The lowest BCUT2D eigenvalue weighted by molar-refractivity contribution is -0.383. The van der Waals surface area contributed by atoms with E-state index in [2.05, 4.69) is 10.1 Å². The molecule has 3 rings (SSSR count). The molecule has 1 N–H and O–H groups in total. The van der Waals surface area contributed by atoms with Crippen LogP contribution in [0.1, 0.15) is 0 Å². The third kappa shape index (κ3) is 6.10. The largest absolute Gasteiger partial charge is 0.573 e. The van der Waals surface area contributed by atoms with Gasteiger partial charge >= 0.3 is 6.36 Å². The van der Waals surface area contributed by atoms with Crippen LogP contribution in [0.2, 0.25) is 0 Å². The second-order valence-electron chi connectivity index (χ2n) is 6.93. The first kappa shape index (κ1) is 24.3. The molecule has 0 aromatic heterocycles. The minimum absolute atomic E-state index is 0.0135. The van der Waals surface area contributed by atoms with Crippen molar-refractivity contribution in [3.8, 4) is 5.75 Å². The number of piperazine rings is 1. The van der Waals surface area contributed by atoms with Crippen molar-refractivity contribution in [3.05, 3.63) is 58.6 Å². The van der Waals surface area contributed by atoms with Gasteiger partial charge in [0, 0.05) is 32.2 Å². The molecule has 1 aliphatic rings. The van der Waals surface area contributed by atoms with Gasteiger partial charge in [-0.1, -0.05) is 12.1 Å². The Morgan fingerprint density at radius 1 is 1.06 bits per heavy atom. The number of benzene rings is 2. The van der Waals surface area contributed by atoms with Crippen molar-refractivity contribution >= 4 is 27.3 Å². The predicted molar refractivity (Wildman–Crippen MR) is 110 cm³/mol. The number of nitro groups is 1. The van der Waals surface area contributed by atoms with Crippen LogP contribution in [0.5, 0.6) is 5.75 Å². The number of sulfonamides is 1. The van der Waals surface area contributed by atoms with Crippen LogP contribution in [0.3, 0.4) is 0 Å². The van der Waals surface area contributed by atoms with Crippen molar-refractivity contribution < 1.29 is 36.0 Å². The van der Waals surface area contributed by atoms with Gasteiger partial charge in [0.1, 0.15) is 11.4 Å². The molecule has 0 aliphatic carbocycles. The van der Waals surface area contributed by atoms with Crippen molar-refractivity contribution in [2.75, 3.05) is 38.0 Å². The normalized spacial score (nSPS) is 15.2. The molecule has 10 nitrogen and oxygen atoms in total. The van der Waals surface area contributed by atoms with E-state index in [0.29, 0.717) is 0 Å². The number of amides is 1. The molecular formula is C19H19F3N4O6S. The summed E-state index contributed by atoms with van der Waals surface area (Å²) in [6, 6.07) is 9.73. The van der Waals surface area contributed by atoms with Gasteiger partial charge in [-0.2, -0.15) is 4.31 Å². The summed E-state index contributed by atoms with van der Waals surface area (Å²) in [5.41, 5.74) is 0.0166. The number of hydrogen-bond donors (Lipinski definition) is 1. The summed E-state index contributed by atoms with van der Waals surface area (Å²) in [5.74, 6) is -0.901. The number of alkyl halides is 3. The number of nitrogens with zero attached hydrogens (tertiary/aromatic N) is 3. The van der Waals surface area contributed by atoms with Crippen molar-refractivity contribution in [3.63, 3.8) is 0 Å². The summed E-state index contributed by atoms with van der Waals surface area (Å²) in [7, 11) is -3.97. The van der Waals surface area contributed by atoms with Crippen LogP contribution in [0, 0.1) is 10.1 Å². The zero-order valence-corrected chi connectivity index (χ0v) is 17.8. The average Bonchev–Trinajstić information content (AvgIpc) is 2.77. The first-order valence-corrected chi connectivity index (χ1v) is 11.0. The molecule has 1 aliphatic heterocycles. The quantitative estimate of drug-likeness (QED) is 0.469. The highest BCUT2D eigenvalue weighted by Gasteiger charge is 2.32. The Morgan fingerprint density at radius 3 is 2.24 bits per heavy atom. The lowest BCUT2D eigenvalue weighted by Crippen LogP contribution is -2.51. The zero-order valence-electron chi connectivity index (χ0n) is 17.0. The minimum Gasteiger partial charge on any atom is -0.406 e. The standard InChI is InChI=1S/C19H19F3N4O6S/c20-19(21,22)32-14-5-7-15(8-6-14)33(30,31)25-11-9-24(10-12-25)18(27)13-23-16-3-1-2-4-17(16)26(28)29/h1-8,23H,9-13H2. The molecule has 0 bridgehead atoms. The topological polar surface area (TPSA) is 122 Å². The van der Waals surface area contributed by atoms with Crippen LogP contribution < -0.4 is 10.1 Å². The summed E-state index contributed by atoms with van der Waals surface area (Å²) in [6.07, 6.45) is -4.89. The molecule has 0 atom stereocenters. The lowest BCUT2D eigenvalue weighted by Gasteiger charge is -2.34. The van der Waals surface area contributed by atoms with Gasteiger partial charge in [0.25, 0.3) is 5.69 Å². The van der Waals surface area contributed by atoms with E-state index in [9.17, 15) is 36.5 Å². The smallest absolute Gasteiger partial charge is 0.406 e. The van der Waals surface area contributed by atoms with Crippen molar-refractivity contribution in [1.29, 1.82) is 0 Å². The van der Waals surface area contributed by atoms with Crippen LogP contribution in [0.25, 0.3) is 0 Å². The van der Waals surface area contributed by atoms with Crippen LogP contribution in [-0.4, -0.2) is 67.5 Å². The van der Waals surface area contributed by atoms with E-state index >= 15 is 0 Å². The Morgan fingerprint density at radius 2 is 1.67 bits per heavy atom. The number of hydrogen-bond acceptors (Lipinski definition) is 7. The minimum atomic E-state index is -4.89. The van der Waals surface area contributed by atoms with Crippen molar-refractivity contribution in [2.24, 2.45) is 0 Å². The zero-order chi connectivity index (χ0) is 24.2. The molecule has 0 radical (unpaired) electrons. The molecule has 0 saturated carbocycles. The summed E-state index contributed by atoms with van der Waals surface area (Å²) in [4.78, 5) is 24.2. The maximum absolute atomic E-state index is 12.8. The summed E-state index contributed by atoms with van der Waals surface area (Å²) >= 11 is 0. The van der Waals surface area contributed by atoms with Crippen molar-refractivity contribution in [1.82, 2.24) is 9.21 Å². The monoisotopic (exact) mass is 488 g/mol. The number of nitrogens with one attached hydrogen (secondary N) is 1. The molecule has 33 heavy (non-hydrogen) atoms. The Kier molecular flexibility index (Phi) is 7.07. The Balaban J connectivity index is 1.56. The predicted octanol–water partition coefficient (Wildman–Crippen LogP) is 2.44. The molecule has 1 heterocycles. The number of ether oxygens (including phenoxy) is 1. The van der Waals surface area contributed by atoms with Gasteiger partial charge in [-0.3, -0.25) is 14.9 Å². The third-order valence-electron chi connectivity index (χ3n) is 4.82. The van der Waals surface area contributed by atoms with Crippen LogP contribution in [0.15, 0.2) is 53.4 Å².